The van der Waals surface area contributed by atoms with E-state index in [9.17, 15) is 18.7 Å². The fourth-order valence-corrected chi connectivity index (χ4v) is 5.13. The molecule has 2 aromatic rings. The van der Waals surface area contributed by atoms with Crippen LogP contribution in [-0.4, -0.2) is 58.1 Å². The zero-order valence-electron chi connectivity index (χ0n) is 17.6. The predicted octanol–water partition coefficient (Wildman–Crippen LogP) is 3.17. The van der Waals surface area contributed by atoms with E-state index in [-0.39, 0.29) is 36.1 Å². The average Bonchev–Trinajstić information content (AvgIpc) is 2.80. The van der Waals surface area contributed by atoms with Crippen molar-refractivity contribution < 1.29 is 18.7 Å². The summed E-state index contributed by atoms with van der Waals surface area (Å²) in [4.78, 5) is 20.8. The molecule has 0 bridgehead atoms. The Morgan fingerprint density at radius 2 is 1.87 bits per heavy atom. The molecule has 31 heavy (non-hydrogen) atoms. The number of likely N-dealkylation sites (tertiary alicyclic amines) is 2. The molecule has 2 fully saturated rings. The van der Waals surface area contributed by atoms with Crippen LogP contribution in [0.1, 0.15) is 36.8 Å². The van der Waals surface area contributed by atoms with Crippen LogP contribution in [0.15, 0.2) is 42.7 Å². The number of piperidine rings is 2. The van der Waals surface area contributed by atoms with Crippen molar-refractivity contribution in [2.24, 2.45) is 5.41 Å². The van der Waals surface area contributed by atoms with Crippen LogP contribution in [0.4, 0.5) is 8.78 Å². The summed E-state index contributed by atoms with van der Waals surface area (Å²) >= 11 is 0. The summed E-state index contributed by atoms with van der Waals surface area (Å²) < 4.78 is 28.6. The molecule has 1 amide bonds. The van der Waals surface area contributed by atoms with Gasteiger partial charge in [-0.05, 0) is 62.1 Å². The van der Waals surface area contributed by atoms with Gasteiger partial charge in [0, 0.05) is 55.5 Å². The van der Waals surface area contributed by atoms with Gasteiger partial charge in [0.1, 0.15) is 11.6 Å². The normalized spacial score (nSPS) is 24.1. The lowest BCUT2D eigenvalue weighted by molar-refractivity contribution is -0.141. The van der Waals surface area contributed by atoms with Crippen LogP contribution in [0.5, 0.6) is 0 Å². The number of aromatic nitrogens is 1. The molecule has 0 unspecified atom stereocenters. The van der Waals surface area contributed by atoms with Crippen LogP contribution in [0.2, 0.25) is 0 Å². The Labute approximate surface area is 181 Å². The van der Waals surface area contributed by atoms with E-state index in [0.29, 0.717) is 38.9 Å². The zero-order valence-corrected chi connectivity index (χ0v) is 17.6. The van der Waals surface area contributed by atoms with E-state index >= 15 is 0 Å². The fraction of sp³-hybridized carbons (Fsp3) is 0.500. The molecule has 1 aromatic heterocycles. The summed E-state index contributed by atoms with van der Waals surface area (Å²) in [6.07, 6.45) is 6.93. The first-order valence-electron chi connectivity index (χ1n) is 11.0. The molecule has 0 radical (unpaired) electrons. The number of fused-ring (bicyclic) bond motifs is 1. The molecule has 0 aliphatic carbocycles. The minimum Gasteiger partial charge on any atom is -0.396 e. The number of aliphatic hydroxyl groups is 1. The zero-order chi connectivity index (χ0) is 21.8. The van der Waals surface area contributed by atoms with Gasteiger partial charge >= 0.3 is 0 Å². The summed E-state index contributed by atoms with van der Waals surface area (Å²) in [6, 6.07) is 7.61. The first-order valence-corrected chi connectivity index (χ1v) is 11.0. The highest BCUT2D eigenvalue weighted by molar-refractivity contribution is 5.76. The number of rotatable bonds is 6. The summed E-state index contributed by atoms with van der Waals surface area (Å²) in [5, 5.41) is 10.3. The van der Waals surface area contributed by atoms with Crippen LogP contribution >= 0.6 is 0 Å². The molecule has 2 aliphatic heterocycles. The third-order valence-electron chi connectivity index (χ3n) is 7.01. The second-order valence-corrected chi connectivity index (χ2v) is 8.76. The first-order chi connectivity index (χ1) is 15.0. The van der Waals surface area contributed by atoms with Crippen molar-refractivity contribution in [3.8, 4) is 0 Å². The fourth-order valence-electron chi connectivity index (χ4n) is 5.13. The van der Waals surface area contributed by atoms with Gasteiger partial charge in [0.05, 0.1) is 6.61 Å². The number of nitrogens with zero attached hydrogens (tertiary/aromatic N) is 3. The number of carbonyl (C=O) groups is 1. The van der Waals surface area contributed by atoms with Crippen molar-refractivity contribution >= 4 is 5.91 Å². The molecule has 5 nitrogen and oxygen atoms in total. The number of hydrogen-bond donors (Lipinski definition) is 1. The van der Waals surface area contributed by atoms with E-state index in [4.69, 9.17) is 0 Å². The summed E-state index contributed by atoms with van der Waals surface area (Å²) in [5.74, 6) is -1.03. The topological polar surface area (TPSA) is 56.7 Å². The molecule has 2 atom stereocenters. The minimum absolute atomic E-state index is 0.0208. The number of carbonyl (C=O) groups excluding carboxylic acids is 1. The highest BCUT2D eigenvalue weighted by Gasteiger charge is 2.48. The molecule has 3 heterocycles. The highest BCUT2D eigenvalue weighted by Crippen LogP contribution is 2.43. The highest BCUT2D eigenvalue weighted by atomic mass is 19.1. The molecule has 1 N–H and O–H groups in total. The van der Waals surface area contributed by atoms with Gasteiger partial charge in [-0.2, -0.15) is 0 Å². The summed E-state index contributed by atoms with van der Waals surface area (Å²) in [6.45, 7) is 1.94. The van der Waals surface area contributed by atoms with Gasteiger partial charge in [-0.15, -0.1) is 0 Å². The van der Waals surface area contributed by atoms with E-state index < -0.39 is 11.6 Å². The number of hydrogen-bond acceptors (Lipinski definition) is 4. The maximum absolute atomic E-state index is 14.3. The standard InChI is InChI=1S/C24H29F2N3O2/c25-20-3-1-4-21(26)19(20)15-28-13-2-9-24(17-30)10-14-29(16-22(24)28)23(31)6-5-18-7-11-27-12-8-18/h1,3-4,7-8,11-12,22,30H,2,5-6,9-10,13-17H2/t22-,24-/m0/s1. The largest absolute Gasteiger partial charge is 0.396 e. The van der Waals surface area contributed by atoms with Crippen molar-refractivity contribution in [2.75, 3.05) is 26.2 Å². The third kappa shape index (κ3) is 4.62. The van der Waals surface area contributed by atoms with Crippen LogP contribution in [0, 0.1) is 17.0 Å². The van der Waals surface area contributed by atoms with E-state index in [0.717, 1.165) is 18.4 Å². The quantitative estimate of drug-likeness (QED) is 0.767. The van der Waals surface area contributed by atoms with Crippen LogP contribution < -0.4 is 0 Å². The molecule has 166 valence electrons. The van der Waals surface area contributed by atoms with E-state index in [1.165, 1.54) is 18.2 Å². The maximum Gasteiger partial charge on any atom is 0.222 e. The Morgan fingerprint density at radius 1 is 1.13 bits per heavy atom. The number of aryl methyl sites for hydroxylation is 1. The average molecular weight is 430 g/mol. The van der Waals surface area contributed by atoms with Crippen molar-refractivity contribution in [2.45, 2.75) is 44.7 Å². The molecule has 2 aliphatic rings. The monoisotopic (exact) mass is 429 g/mol. The first kappa shape index (κ1) is 21.8. The van der Waals surface area contributed by atoms with Crippen LogP contribution in [0.3, 0.4) is 0 Å². The number of aliphatic hydroxyl groups excluding tert-OH is 1. The van der Waals surface area contributed by atoms with Crippen LogP contribution in [0.25, 0.3) is 0 Å². The Morgan fingerprint density at radius 3 is 2.58 bits per heavy atom. The summed E-state index contributed by atoms with van der Waals surface area (Å²) in [5.41, 5.74) is 0.791. The predicted molar refractivity (Wildman–Crippen MR) is 113 cm³/mol. The van der Waals surface area contributed by atoms with Gasteiger partial charge in [-0.3, -0.25) is 14.7 Å². The lowest BCUT2D eigenvalue weighted by Gasteiger charge is -2.54. The SMILES string of the molecule is O=C(CCc1ccncc1)N1CC[C@]2(CO)CCCN(Cc3c(F)cccc3F)[C@H]2C1. The van der Waals surface area contributed by atoms with Crippen molar-refractivity contribution in [1.29, 1.82) is 0 Å². The van der Waals surface area contributed by atoms with E-state index in [2.05, 4.69) is 9.88 Å². The maximum atomic E-state index is 14.3. The van der Waals surface area contributed by atoms with Crippen molar-refractivity contribution in [3.05, 3.63) is 65.5 Å². The van der Waals surface area contributed by atoms with Gasteiger partial charge in [0.15, 0.2) is 0 Å². The van der Waals surface area contributed by atoms with Gasteiger partial charge < -0.3 is 10.0 Å². The number of benzene rings is 1. The second kappa shape index (κ2) is 9.40. The van der Waals surface area contributed by atoms with Gasteiger partial charge in [0.25, 0.3) is 0 Å². The molecule has 0 saturated carbocycles. The second-order valence-electron chi connectivity index (χ2n) is 8.76. The molecule has 0 spiro atoms. The lowest BCUT2D eigenvalue weighted by Crippen LogP contribution is -2.63. The minimum atomic E-state index is -0.554. The Kier molecular flexibility index (Phi) is 6.62. The summed E-state index contributed by atoms with van der Waals surface area (Å²) in [7, 11) is 0. The lowest BCUT2D eigenvalue weighted by atomic mass is 9.68. The van der Waals surface area contributed by atoms with E-state index in [1.807, 2.05) is 17.0 Å². The molecule has 4 rings (SSSR count). The molecular formula is C24H29F2N3O2. The van der Waals surface area contributed by atoms with Gasteiger partial charge in [0.2, 0.25) is 5.91 Å². The molecule has 1 aromatic carbocycles. The van der Waals surface area contributed by atoms with E-state index in [1.54, 1.807) is 12.4 Å². The Hall–Kier alpha value is -2.38. The number of amides is 1. The molecular weight excluding hydrogens is 400 g/mol. The van der Waals surface area contributed by atoms with Gasteiger partial charge in [-0.1, -0.05) is 6.07 Å². The molecule has 7 heteroatoms. The Balaban J connectivity index is 1.48. The molecule has 2 saturated heterocycles. The smallest absolute Gasteiger partial charge is 0.222 e. The number of halogens is 2. The van der Waals surface area contributed by atoms with Gasteiger partial charge in [-0.25, -0.2) is 8.78 Å². The van der Waals surface area contributed by atoms with Crippen LogP contribution in [-0.2, 0) is 17.8 Å². The third-order valence-corrected chi connectivity index (χ3v) is 7.01. The van der Waals surface area contributed by atoms with Crippen molar-refractivity contribution in [3.63, 3.8) is 0 Å². The number of pyridine rings is 1. The Bertz CT molecular complexity index is 891. The van der Waals surface area contributed by atoms with Crippen molar-refractivity contribution in [1.82, 2.24) is 14.8 Å².